The molecule has 26 heavy (non-hydrogen) atoms. The van der Waals surface area contributed by atoms with Gasteiger partial charge in [-0.05, 0) is 37.8 Å². The molecule has 2 saturated heterocycles. The average molecular weight is 369 g/mol. The average Bonchev–Trinajstić information content (AvgIpc) is 3.39. The first-order chi connectivity index (χ1) is 12.7. The van der Waals surface area contributed by atoms with Gasteiger partial charge < -0.3 is 0 Å². The Hall–Kier alpha value is -1.79. The number of para-hydroxylation sites is 1. The highest BCUT2D eigenvalue weighted by Gasteiger charge is 2.53. The Balaban J connectivity index is 1.38. The van der Waals surface area contributed by atoms with E-state index in [1.807, 2.05) is 18.2 Å². The van der Waals surface area contributed by atoms with Crippen LogP contribution in [0.5, 0.6) is 0 Å². The van der Waals surface area contributed by atoms with Crippen molar-refractivity contribution >= 4 is 33.4 Å². The van der Waals surface area contributed by atoms with Gasteiger partial charge in [0.1, 0.15) is 5.01 Å². The van der Waals surface area contributed by atoms with Gasteiger partial charge in [0.15, 0.2) is 0 Å². The Morgan fingerprint density at radius 1 is 1.15 bits per heavy atom. The first kappa shape index (κ1) is 16.4. The molecule has 2 aliphatic heterocycles. The Morgan fingerprint density at radius 3 is 2.77 bits per heavy atom. The summed E-state index contributed by atoms with van der Waals surface area (Å²) in [6, 6.07) is 8.42. The van der Waals surface area contributed by atoms with Crippen molar-refractivity contribution in [2.45, 2.75) is 51.0 Å². The van der Waals surface area contributed by atoms with Crippen molar-refractivity contribution in [3.8, 4) is 0 Å². The van der Waals surface area contributed by atoms with Crippen molar-refractivity contribution in [1.29, 1.82) is 0 Å². The predicted molar refractivity (Wildman–Crippen MR) is 101 cm³/mol. The van der Waals surface area contributed by atoms with E-state index in [9.17, 15) is 9.59 Å². The molecule has 2 aromatic rings. The quantitative estimate of drug-likeness (QED) is 0.774. The van der Waals surface area contributed by atoms with Crippen LogP contribution in [0.4, 0.5) is 0 Å². The molecule has 3 heterocycles. The van der Waals surface area contributed by atoms with Crippen LogP contribution in [0.1, 0.15) is 56.0 Å². The fourth-order valence-corrected chi connectivity index (χ4v) is 6.07. The minimum absolute atomic E-state index is 0.0202. The van der Waals surface area contributed by atoms with Crippen molar-refractivity contribution in [1.82, 2.24) is 14.8 Å². The summed E-state index contributed by atoms with van der Waals surface area (Å²) in [4.78, 5) is 34.2. The number of hydrogen-bond donors (Lipinski definition) is 0. The van der Waals surface area contributed by atoms with Crippen LogP contribution in [-0.2, 0) is 9.59 Å². The number of aromatic nitrogens is 1. The number of fused-ring (bicyclic) bond motifs is 1. The van der Waals surface area contributed by atoms with E-state index in [2.05, 4.69) is 11.0 Å². The maximum Gasteiger partial charge on any atom is 0.237 e. The van der Waals surface area contributed by atoms with Crippen molar-refractivity contribution < 1.29 is 9.59 Å². The number of thiazole rings is 1. The minimum atomic E-state index is -0.373. The van der Waals surface area contributed by atoms with E-state index in [4.69, 9.17) is 4.98 Å². The van der Waals surface area contributed by atoms with Crippen LogP contribution < -0.4 is 0 Å². The molecule has 0 bridgehead atoms. The summed E-state index contributed by atoms with van der Waals surface area (Å²) in [6.45, 7) is 1.35. The number of rotatable bonds is 3. The zero-order chi connectivity index (χ0) is 17.7. The molecule has 0 radical (unpaired) electrons. The number of carbonyl (C=O) groups excluding carboxylic acids is 2. The van der Waals surface area contributed by atoms with Crippen LogP contribution >= 0.6 is 11.3 Å². The highest BCUT2D eigenvalue weighted by atomic mass is 32.1. The van der Waals surface area contributed by atoms with E-state index in [0.29, 0.717) is 13.1 Å². The van der Waals surface area contributed by atoms with E-state index in [1.165, 1.54) is 9.60 Å². The summed E-state index contributed by atoms with van der Waals surface area (Å²) in [6.07, 6.45) is 6.47. The SMILES string of the molecule is O=C1CC2(CCCC2)C(=O)N1CN1CCCC1c1nc2ccccc2s1. The van der Waals surface area contributed by atoms with Crippen LogP contribution in [0.15, 0.2) is 24.3 Å². The summed E-state index contributed by atoms with van der Waals surface area (Å²) in [7, 11) is 0. The topological polar surface area (TPSA) is 53.5 Å². The van der Waals surface area contributed by atoms with Crippen LogP contribution in [0, 0.1) is 5.41 Å². The van der Waals surface area contributed by atoms with Crippen LogP contribution in [0.25, 0.3) is 10.2 Å². The van der Waals surface area contributed by atoms with Gasteiger partial charge in [0.25, 0.3) is 0 Å². The molecule has 1 aromatic heterocycles. The summed E-state index contributed by atoms with van der Waals surface area (Å²) < 4.78 is 1.20. The Morgan fingerprint density at radius 2 is 1.96 bits per heavy atom. The number of benzene rings is 1. The summed E-state index contributed by atoms with van der Waals surface area (Å²) in [5.74, 6) is 0.0989. The van der Waals surface area contributed by atoms with E-state index in [0.717, 1.165) is 55.6 Å². The van der Waals surface area contributed by atoms with Crippen molar-refractivity contribution in [3.63, 3.8) is 0 Å². The molecule has 5 nitrogen and oxygen atoms in total. The molecular weight excluding hydrogens is 346 g/mol. The highest BCUT2D eigenvalue weighted by Crippen LogP contribution is 2.47. The highest BCUT2D eigenvalue weighted by molar-refractivity contribution is 7.18. The van der Waals surface area contributed by atoms with Gasteiger partial charge in [0.2, 0.25) is 11.8 Å². The molecule has 1 unspecified atom stereocenters. The van der Waals surface area contributed by atoms with Gasteiger partial charge in [0.05, 0.1) is 28.3 Å². The molecular formula is C20H23N3O2S. The smallest absolute Gasteiger partial charge is 0.237 e. The molecule has 5 rings (SSSR count). The van der Waals surface area contributed by atoms with E-state index < -0.39 is 0 Å². The van der Waals surface area contributed by atoms with E-state index in [-0.39, 0.29) is 23.3 Å². The number of carbonyl (C=O) groups is 2. The molecule has 3 aliphatic rings. The molecule has 1 atom stereocenters. The fourth-order valence-electron chi connectivity index (χ4n) is 4.93. The second-order valence-electron chi connectivity index (χ2n) is 7.92. The van der Waals surface area contributed by atoms with Gasteiger partial charge in [-0.2, -0.15) is 0 Å². The molecule has 1 aliphatic carbocycles. The number of hydrogen-bond acceptors (Lipinski definition) is 5. The van der Waals surface area contributed by atoms with Gasteiger partial charge in [-0.3, -0.25) is 19.4 Å². The monoisotopic (exact) mass is 369 g/mol. The third kappa shape index (κ3) is 2.50. The number of amides is 2. The summed E-state index contributed by atoms with van der Waals surface area (Å²) in [5, 5.41) is 1.11. The largest absolute Gasteiger partial charge is 0.276 e. The lowest BCUT2D eigenvalue weighted by Gasteiger charge is -2.28. The molecule has 136 valence electrons. The van der Waals surface area contributed by atoms with Crippen molar-refractivity contribution in [3.05, 3.63) is 29.3 Å². The molecule has 0 N–H and O–H groups in total. The maximum atomic E-state index is 13.0. The number of likely N-dealkylation sites (tertiary alicyclic amines) is 2. The minimum Gasteiger partial charge on any atom is -0.276 e. The summed E-state index contributed by atoms with van der Waals surface area (Å²) >= 11 is 1.74. The molecule has 1 aromatic carbocycles. The number of nitrogens with zero attached hydrogens (tertiary/aromatic N) is 3. The maximum absolute atomic E-state index is 13.0. The van der Waals surface area contributed by atoms with Gasteiger partial charge in [-0.1, -0.05) is 25.0 Å². The third-order valence-corrected chi connectivity index (χ3v) is 7.47. The van der Waals surface area contributed by atoms with Gasteiger partial charge >= 0.3 is 0 Å². The zero-order valence-corrected chi connectivity index (χ0v) is 15.6. The van der Waals surface area contributed by atoms with E-state index in [1.54, 1.807) is 11.3 Å². The lowest BCUT2D eigenvalue weighted by molar-refractivity contribution is -0.144. The Kier molecular flexibility index (Phi) is 3.87. The van der Waals surface area contributed by atoms with Crippen LogP contribution in [-0.4, -0.2) is 39.8 Å². The normalized spacial score (nSPS) is 26.0. The first-order valence-corrected chi connectivity index (χ1v) is 10.4. The fraction of sp³-hybridized carbons (Fsp3) is 0.550. The van der Waals surface area contributed by atoms with Gasteiger partial charge in [0, 0.05) is 13.0 Å². The lowest BCUT2D eigenvalue weighted by atomic mass is 9.85. The molecule has 1 spiro atoms. The molecule has 1 saturated carbocycles. The number of imide groups is 1. The second kappa shape index (κ2) is 6.13. The molecule has 3 fully saturated rings. The first-order valence-electron chi connectivity index (χ1n) is 9.61. The van der Waals surface area contributed by atoms with Gasteiger partial charge in [-0.15, -0.1) is 11.3 Å². The molecule has 6 heteroatoms. The Labute approximate surface area is 157 Å². The third-order valence-electron chi connectivity index (χ3n) is 6.33. The van der Waals surface area contributed by atoms with Gasteiger partial charge in [-0.25, -0.2) is 4.98 Å². The summed E-state index contributed by atoms with van der Waals surface area (Å²) in [5.41, 5.74) is 0.667. The van der Waals surface area contributed by atoms with Crippen molar-refractivity contribution in [2.75, 3.05) is 13.2 Å². The lowest BCUT2D eigenvalue weighted by Crippen LogP contribution is -2.42. The van der Waals surface area contributed by atoms with Crippen LogP contribution in [0.3, 0.4) is 0 Å². The second-order valence-corrected chi connectivity index (χ2v) is 8.99. The molecule has 2 amide bonds. The van der Waals surface area contributed by atoms with Crippen molar-refractivity contribution in [2.24, 2.45) is 5.41 Å². The zero-order valence-electron chi connectivity index (χ0n) is 14.8. The Bertz CT molecular complexity index is 838. The van der Waals surface area contributed by atoms with Crippen LogP contribution in [0.2, 0.25) is 0 Å². The standard InChI is InChI=1S/C20H23N3O2S/c24-17-12-20(9-3-4-10-20)19(25)23(17)13-22-11-5-7-15(22)18-21-14-6-1-2-8-16(14)26-18/h1-2,6,8,15H,3-5,7,9-13H2. The van der Waals surface area contributed by atoms with E-state index >= 15 is 0 Å². The predicted octanol–water partition coefficient (Wildman–Crippen LogP) is 3.71.